The first-order chi connectivity index (χ1) is 9.06. The Labute approximate surface area is 115 Å². The molecule has 4 heteroatoms. The molecule has 0 aromatic carbocycles. The average molecular weight is 259 g/mol. The van der Waals surface area contributed by atoms with Crippen LogP contribution in [0.1, 0.15) is 30.2 Å². The average Bonchev–Trinajstić information content (AvgIpc) is 2.38. The zero-order valence-corrected chi connectivity index (χ0v) is 12.1. The summed E-state index contributed by atoms with van der Waals surface area (Å²) in [6.45, 7) is 7.90. The third-order valence-corrected chi connectivity index (χ3v) is 3.93. The van der Waals surface area contributed by atoms with Gasteiger partial charge in [0.2, 0.25) is 0 Å². The smallest absolute Gasteiger partial charge is 0.147 e. The summed E-state index contributed by atoms with van der Waals surface area (Å²) in [5, 5.41) is 9.35. The highest BCUT2D eigenvalue weighted by atomic mass is 16.5. The summed E-state index contributed by atoms with van der Waals surface area (Å²) in [4.78, 5) is 6.76. The van der Waals surface area contributed by atoms with Gasteiger partial charge in [-0.05, 0) is 37.8 Å². The van der Waals surface area contributed by atoms with E-state index in [1.165, 1.54) is 0 Å². The van der Waals surface area contributed by atoms with Crippen LogP contribution in [0, 0.1) is 31.1 Å². The molecular formula is C15H21N3O. The van der Waals surface area contributed by atoms with Crippen LogP contribution in [0.15, 0.2) is 6.07 Å². The second-order valence-electron chi connectivity index (χ2n) is 5.38. The molecule has 1 aliphatic heterocycles. The second-order valence-corrected chi connectivity index (χ2v) is 5.38. The largest absolute Gasteiger partial charge is 0.379 e. The number of nitrogens with zero attached hydrogens (tertiary/aromatic N) is 3. The molecule has 102 valence electrons. The van der Waals surface area contributed by atoms with E-state index in [1.54, 1.807) is 7.11 Å². The Morgan fingerprint density at radius 2 is 2.21 bits per heavy atom. The summed E-state index contributed by atoms with van der Waals surface area (Å²) >= 11 is 0. The van der Waals surface area contributed by atoms with E-state index in [0.717, 1.165) is 36.6 Å². The molecule has 1 fully saturated rings. The zero-order valence-electron chi connectivity index (χ0n) is 12.1. The molecule has 0 amide bonds. The summed E-state index contributed by atoms with van der Waals surface area (Å²) in [5.74, 6) is 1.37. The highest BCUT2D eigenvalue weighted by Crippen LogP contribution is 2.27. The third kappa shape index (κ3) is 2.71. The molecule has 2 rings (SSSR count). The number of pyridine rings is 1. The van der Waals surface area contributed by atoms with E-state index in [2.05, 4.69) is 22.9 Å². The fraction of sp³-hybridized carbons (Fsp3) is 0.600. The first-order valence-electron chi connectivity index (χ1n) is 6.73. The normalized spacial score (nSPS) is 23.2. The lowest BCUT2D eigenvalue weighted by molar-refractivity contribution is 0.0496. The Kier molecular flexibility index (Phi) is 4.06. The lowest BCUT2D eigenvalue weighted by atomic mass is 9.95. The number of methoxy groups -OCH3 is 1. The predicted octanol–water partition coefficient (Wildman–Crippen LogP) is 2.43. The minimum Gasteiger partial charge on any atom is -0.379 e. The van der Waals surface area contributed by atoms with Gasteiger partial charge in [-0.3, -0.25) is 0 Å². The van der Waals surface area contributed by atoms with Gasteiger partial charge < -0.3 is 9.64 Å². The standard InChI is InChI=1S/C15H21N3O/c1-10-5-6-18(9-14(10)19-4)15-13(8-16)11(2)7-12(3)17-15/h7,10,14H,5-6,9H2,1-4H3. The number of hydrogen-bond acceptors (Lipinski definition) is 4. The van der Waals surface area contributed by atoms with Crippen LogP contribution < -0.4 is 4.90 Å². The molecule has 0 aliphatic carbocycles. The van der Waals surface area contributed by atoms with Crippen LogP contribution in [0.2, 0.25) is 0 Å². The molecular weight excluding hydrogens is 238 g/mol. The van der Waals surface area contributed by atoms with Crippen molar-refractivity contribution in [2.45, 2.75) is 33.3 Å². The molecule has 0 N–H and O–H groups in total. The van der Waals surface area contributed by atoms with Gasteiger partial charge in [0.05, 0.1) is 11.7 Å². The number of piperidine rings is 1. The molecule has 0 radical (unpaired) electrons. The van der Waals surface area contributed by atoms with E-state index in [-0.39, 0.29) is 6.10 Å². The monoisotopic (exact) mass is 259 g/mol. The van der Waals surface area contributed by atoms with Gasteiger partial charge in [0.15, 0.2) is 0 Å². The maximum atomic E-state index is 9.35. The van der Waals surface area contributed by atoms with Crippen molar-refractivity contribution in [3.05, 3.63) is 22.9 Å². The fourth-order valence-corrected chi connectivity index (χ4v) is 2.72. The van der Waals surface area contributed by atoms with Crippen molar-refractivity contribution < 1.29 is 4.74 Å². The van der Waals surface area contributed by atoms with Gasteiger partial charge in [-0.2, -0.15) is 5.26 Å². The van der Waals surface area contributed by atoms with E-state index >= 15 is 0 Å². The van der Waals surface area contributed by atoms with Crippen LogP contribution in [0.3, 0.4) is 0 Å². The van der Waals surface area contributed by atoms with Crippen molar-refractivity contribution in [3.63, 3.8) is 0 Å². The van der Waals surface area contributed by atoms with Crippen molar-refractivity contribution >= 4 is 5.82 Å². The molecule has 2 atom stereocenters. The first kappa shape index (κ1) is 13.8. The summed E-state index contributed by atoms with van der Waals surface area (Å²) < 4.78 is 5.54. The van der Waals surface area contributed by atoms with E-state index in [4.69, 9.17) is 4.74 Å². The summed E-state index contributed by atoms with van der Waals surface area (Å²) in [5.41, 5.74) is 2.65. The molecule has 1 aliphatic rings. The Morgan fingerprint density at radius 3 is 2.84 bits per heavy atom. The summed E-state index contributed by atoms with van der Waals surface area (Å²) in [7, 11) is 1.75. The highest BCUT2D eigenvalue weighted by Gasteiger charge is 2.28. The van der Waals surface area contributed by atoms with Crippen LogP contribution in [0.25, 0.3) is 0 Å². The number of hydrogen-bond donors (Lipinski definition) is 0. The molecule has 0 spiro atoms. The highest BCUT2D eigenvalue weighted by molar-refractivity contribution is 5.58. The van der Waals surface area contributed by atoms with E-state index in [1.807, 2.05) is 19.9 Å². The molecule has 0 saturated carbocycles. The van der Waals surface area contributed by atoms with Crippen LogP contribution in [0.4, 0.5) is 5.82 Å². The predicted molar refractivity (Wildman–Crippen MR) is 75.2 cm³/mol. The Hall–Kier alpha value is -1.60. The summed E-state index contributed by atoms with van der Waals surface area (Å²) in [6.07, 6.45) is 1.28. The zero-order chi connectivity index (χ0) is 14.0. The van der Waals surface area contributed by atoms with Gasteiger partial charge in [0.25, 0.3) is 0 Å². The van der Waals surface area contributed by atoms with Gasteiger partial charge in [-0.1, -0.05) is 6.92 Å². The number of aromatic nitrogens is 1. The molecule has 4 nitrogen and oxygen atoms in total. The van der Waals surface area contributed by atoms with Crippen molar-refractivity contribution in [2.24, 2.45) is 5.92 Å². The maximum Gasteiger partial charge on any atom is 0.147 e. The van der Waals surface area contributed by atoms with Crippen LogP contribution in [-0.4, -0.2) is 31.3 Å². The fourth-order valence-electron chi connectivity index (χ4n) is 2.72. The number of ether oxygens (including phenoxy) is 1. The van der Waals surface area contributed by atoms with Crippen molar-refractivity contribution in [2.75, 3.05) is 25.1 Å². The van der Waals surface area contributed by atoms with Gasteiger partial charge in [-0.25, -0.2) is 4.98 Å². The topological polar surface area (TPSA) is 49.1 Å². The minimum atomic E-state index is 0.211. The Bertz CT molecular complexity index is 507. The van der Waals surface area contributed by atoms with Gasteiger partial charge in [0.1, 0.15) is 11.9 Å². The van der Waals surface area contributed by atoms with Crippen molar-refractivity contribution in [1.82, 2.24) is 4.98 Å². The van der Waals surface area contributed by atoms with Gasteiger partial charge >= 0.3 is 0 Å². The van der Waals surface area contributed by atoms with Gasteiger partial charge in [0, 0.05) is 25.9 Å². The molecule has 2 unspecified atom stereocenters. The summed E-state index contributed by atoms with van der Waals surface area (Å²) in [6, 6.07) is 4.25. The Balaban J connectivity index is 2.34. The van der Waals surface area contributed by atoms with Crippen LogP contribution >= 0.6 is 0 Å². The molecule has 1 saturated heterocycles. The first-order valence-corrected chi connectivity index (χ1v) is 6.73. The van der Waals surface area contributed by atoms with Crippen LogP contribution in [-0.2, 0) is 4.74 Å². The number of anilines is 1. The third-order valence-electron chi connectivity index (χ3n) is 3.93. The van der Waals surface area contributed by atoms with Crippen molar-refractivity contribution in [1.29, 1.82) is 5.26 Å². The number of aryl methyl sites for hydroxylation is 2. The maximum absolute atomic E-state index is 9.35. The van der Waals surface area contributed by atoms with E-state index in [9.17, 15) is 5.26 Å². The second kappa shape index (κ2) is 5.58. The number of nitriles is 1. The molecule has 2 heterocycles. The van der Waals surface area contributed by atoms with Crippen molar-refractivity contribution in [3.8, 4) is 6.07 Å². The van der Waals surface area contributed by atoms with E-state index < -0.39 is 0 Å². The molecule has 1 aromatic heterocycles. The number of rotatable bonds is 2. The molecule has 0 bridgehead atoms. The molecule has 1 aromatic rings. The lowest BCUT2D eigenvalue weighted by Crippen LogP contribution is -2.44. The Morgan fingerprint density at radius 1 is 1.47 bits per heavy atom. The van der Waals surface area contributed by atoms with E-state index in [0.29, 0.717) is 11.5 Å². The quantitative estimate of drug-likeness (QED) is 0.818. The van der Waals surface area contributed by atoms with Crippen LogP contribution in [0.5, 0.6) is 0 Å². The SMILES string of the molecule is COC1CN(c2nc(C)cc(C)c2C#N)CCC1C. The molecule has 19 heavy (non-hydrogen) atoms. The minimum absolute atomic E-state index is 0.211. The lowest BCUT2D eigenvalue weighted by Gasteiger charge is -2.37. The van der Waals surface area contributed by atoms with Gasteiger partial charge in [-0.15, -0.1) is 0 Å².